The summed E-state index contributed by atoms with van der Waals surface area (Å²) in [6, 6.07) is 12.5. The largest absolute Gasteiger partial charge is 0.355 e. The fourth-order valence-electron chi connectivity index (χ4n) is 3.45. The highest BCUT2D eigenvalue weighted by Crippen LogP contribution is 2.15. The maximum Gasteiger partial charge on any atom is 0.234 e. The number of carbonyl (C=O) groups is 1. The number of nitrogens with zero attached hydrogens (tertiary/aromatic N) is 4. The quantitative estimate of drug-likeness (QED) is 0.809. The van der Waals surface area contributed by atoms with Crippen molar-refractivity contribution in [2.24, 2.45) is 0 Å². The number of carbonyl (C=O) groups excluding carboxylic acids is 1. The molecule has 2 heterocycles. The summed E-state index contributed by atoms with van der Waals surface area (Å²) in [5.41, 5.74) is 1.99. The summed E-state index contributed by atoms with van der Waals surface area (Å²) in [6.07, 6.45) is 4.66. The summed E-state index contributed by atoms with van der Waals surface area (Å²) >= 11 is 0. The maximum absolute atomic E-state index is 12.2. The maximum atomic E-state index is 12.2. The molecular formula is C21H29N5O. The van der Waals surface area contributed by atoms with Crippen LogP contribution in [-0.2, 0) is 11.2 Å². The molecule has 1 aliphatic heterocycles. The zero-order valence-corrected chi connectivity index (χ0v) is 16.3. The Morgan fingerprint density at radius 1 is 1.22 bits per heavy atom. The van der Waals surface area contributed by atoms with Crippen LogP contribution < -0.4 is 5.32 Å². The van der Waals surface area contributed by atoms with E-state index in [1.165, 1.54) is 0 Å². The van der Waals surface area contributed by atoms with Gasteiger partial charge in [0.25, 0.3) is 0 Å². The van der Waals surface area contributed by atoms with E-state index in [-0.39, 0.29) is 5.91 Å². The SMILES string of the molecule is CN1CCC(N(C)CC(=O)NCCc2nccc(-c3ccccc3)n2)CC1. The summed E-state index contributed by atoms with van der Waals surface area (Å²) in [4.78, 5) is 25.7. The fourth-order valence-corrected chi connectivity index (χ4v) is 3.45. The van der Waals surface area contributed by atoms with Crippen molar-refractivity contribution < 1.29 is 4.79 Å². The first kappa shape index (κ1) is 19.5. The Bertz CT molecular complexity index is 728. The van der Waals surface area contributed by atoms with Crippen LogP contribution in [0.3, 0.4) is 0 Å². The molecule has 3 rings (SSSR count). The molecular weight excluding hydrogens is 338 g/mol. The predicted molar refractivity (Wildman–Crippen MR) is 107 cm³/mol. The van der Waals surface area contributed by atoms with Crippen molar-refractivity contribution >= 4 is 5.91 Å². The predicted octanol–water partition coefficient (Wildman–Crippen LogP) is 1.83. The van der Waals surface area contributed by atoms with Crippen molar-refractivity contribution in [1.29, 1.82) is 0 Å². The molecule has 1 aromatic heterocycles. The van der Waals surface area contributed by atoms with Gasteiger partial charge in [-0.1, -0.05) is 30.3 Å². The van der Waals surface area contributed by atoms with Crippen LogP contribution in [0.25, 0.3) is 11.3 Å². The van der Waals surface area contributed by atoms with Crippen molar-refractivity contribution in [2.75, 3.05) is 40.3 Å². The summed E-state index contributed by atoms with van der Waals surface area (Å²) < 4.78 is 0. The van der Waals surface area contributed by atoms with Crippen molar-refractivity contribution in [3.05, 3.63) is 48.4 Å². The van der Waals surface area contributed by atoms with E-state index in [0.717, 1.165) is 43.0 Å². The van der Waals surface area contributed by atoms with E-state index in [2.05, 4.69) is 32.1 Å². The molecule has 6 heteroatoms. The second-order valence-electron chi connectivity index (χ2n) is 7.27. The molecule has 0 saturated carbocycles. The molecule has 1 fully saturated rings. The number of amides is 1. The molecule has 0 atom stereocenters. The van der Waals surface area contributed by atoms with Gasteiger partial charge >= 0.3 is 0 Å². The number of aromatic nitrogens is 2. The van der Waals surface area contributed by atoms with E-state index in [0.29, 0.717) is 25.6 Å². The molecule has 0 unspecified atom stereocenters. The number of likely N-dealkylation sites (tertiary alicyclic amines) is 1. The normalized spacial score (nSPS) is 15.8. The van der Waals surface area contributed by atoms with Crippen molar-refractivity contribution in [1.82, 2.24) is 25.1 Å². The molecule has 1 amide bonds. The van der Waals surface area contributed by atoms with Crippen molar-refractivity contribution in [3.8, 4) is 11.3 Å². The third-order valence-electron chi connectivity index (χ3n) is 5.15. The van der Waals surface area contributed by atoms with Gasteiger partial charge in [-0.05, 0) is 46.1 Å². The van der Waals surface area contributed by atoms with Gasteiger partial charge in [-0.15, -0.1) is 0 Å². The molecule has 2 aromatic rings. The first-order chi connectivity index (χ1) is 13.1. The number of hydrogen-bond acceptors (Lipinski definition) is 5. The van der Waals surface area contributed by atoms with Gasteiger partial charge in [0.15, 0.2) is 0 Å². The summed E-state index contributed by atoms with van der Waals surface area (Å²) in [6.45, 7) is 3.20. The lowest BCUT2D eigenvalue weighted by molar-refractivity contribution is -0.122. The van der Waals surface area contributed by atoms with Gasteiger partial charge < -0.3 is 10.2 Å². The Balaban J connectivity index is 1.43. The van der Waals surface area contributed by atoms with E-state index < -0.39 is 0 Å². The first-order valence-electron chi connectivity index (χ1n) is 9.64. The second-order valence-corrected chi connectivity index (χ2v) is 7.27. The number of piperidine rings is 1. The van der Waals surface area contributed by atoms with Gasteiger partial charge in [0.2, 0.25) is 5.91 Å². The van der Waals surface area contributed by atoms with Crippen molar-refractivity contribution in [2.45, 2.75) is 25.3 Å². The Hall–Kier alpha value is -2.31. The highest BCUT2D eigenvalue weighted by atomic mass is 16.2. The average Bonchev–Trinajstić information content (AvgIpc) is 2.69. The van der Waals surface area contributed by atoms with Crippen LogP contribution in [-0.4, -0.2) is 72.0 Å². The van der Waals surface area contributed by atoms with Gasteiger partial charge in [0.1, 0.15) is 5.82 Å². The van der Waals surface area contributed by atoms with E-state index in [1.807, 2.05) is 43.4 Å². The number of hydrogen-bond donors (Lipinski definition) is 1. The monoisotopic (exact) mass is 367 g/mol. The van der Waals surface area contributed by atoms with Gasteiger partial charge in [0.05, 0.1) is 12.2 Å². The first-order valence-corrected chi connectivity index (χ1v) is 9.64. The Kier molecular flexibility index (Phi) is 6.90. The lowest BCUT2D eigenvalue weighted by Crippen LogP contribution is -2.46. The van der Waals surface area contributed by atoms with Crippen LogP contribution in [0.4, 0.5) is 0 Å². The third kappa shape index (κ3) is 5.84. The molecule has 0 bridgehead atoms. The highest BCUT2D eigenvalue weighted by Gasteiger charge is 2.21. The number of nitrogens with one attached hydrogen (secondary N) is 1. The number of likely N-dealkylation sites (N-methyl/N-ethyl adjacent to an activating group) is 1. The molecule has 0 aliphatic carbocycles. The molecule has 0 spiro atoms. The van der Waals surface area contributed by atoms with Crippen LogP contribution >= 0.6 is 0 Å². The molecule has 144 valence electrons. The standard InChI is InChI=1S/C21H29N5O/c1-25-14-10-18(11-15-25)26(2)16-21(27)23-13-9-20-22-12-8-19(24-20)17-6-4-3-5-7-17/h3-8,12,18H,9-11,13-16H2,1-2H3,(H,23,27). The van der Waals surface area contributed by atoms with Gasteiger partial charge in [0, 0.05) is 30.8 Å². The van der Waals surface area contributed by atoms with Gasteiger partial charge in [-0.25, -0.2) is 9.97 Å². The minimum Gasteiger partial charge on any atom is -0.355 e. The van der Waals surface area contributed by atoms with Crippen molar-refractivity contribution in [3.63, 3.8) is 0 Å². The van der Waals surface area contributed by atoms with Crippen LogP contribution in [0.15, 0.2) is 42.6 Å². The molecule has 6 nitrogen and oxygen atoms in total. The molecule has 1 aromatic carbocycles. The van der Waals surface area contributed by atoms with Gasteiger partial charge in [-0.2, -0.15) is 0 Å². The van der Waals surface area contributed by atoms with E-state index in [4.69, 9.17) is 0 Å². The van der Waals surface area contributed by atoms with Crippen LogP contribution in [0.2, 0.25) is 0 Å². The molecule has 0 radical (unpaired) electrons. The second kappa shape index (κ2) is 9.58. The minimum absolute atomic E-state index is 0.0654. The Morgan fingerprint density at radius 3 is 2.70 bits per heavy atom. The number of benzene rings is 1. The summed E-state index contributed by atoms with van der Waals surface area (Å²) in [5, 5.41) is 3.00. The molecule has 1 aliphatic rings. The Morgan fingerprint density at radius 2 is 1.96 bits per heavy atom. The average molecular weight is 367 g/mol. The van der Waals surface area contributed by atoms with E-state index in [9.17, 15) is 4.79 Å². The summed E-state index contributed by atoms with van der Waals surface area (Å²) in [5.74, 6) is 0.816. The zero-order chi connectivity index (χ0) is 19.1. The Labute approximate surface area is 161 Å². The van der Waals surface area contributed by atoms with Crippen LogP contribution in [0.5, 0.6) is 0 Å². The lowest BCUT2D eigenvalue weighted by Gasteiger charge is -2.34. The number of rotatable bonds is 7. The highest BCUT2D eigenvalue weighted by molar-refractivity contribution is 5.78. The van der Waals surface area contributed by atoms with E-state index in [1.54, 1.807) is 6.20 Å². The van der Waals surface area contributed by atoms with E-state index >= 15 is 0 Å². The molecule has 27 heavy (non-hydrogen) atoms. The van der Waals surface area contributed by atoms with Crippen LogP contribution in [0, 0.1) is 0 Å². The molecule has 1 saturated heterocycles. The molecule has 1 N–H and O–H groups in total. The fraction of sp³-hybridized carbons (Fsp3) is 0.476. The zero-order valence-electron chi connectivity index (χ0n) is 16.3. The summed E-state index contributed by atoms with van der Waals surface area (Å²) in [7, 11) is 4.19. The smallest absolute Gasteiger partial charge is 0.234 e. The third-order valence-corrected chi connectivity index (χ3v) is 5.15. The minimum atomic E-state index is 0.0654. The topological polar surface area (TPSA) is 61.4 Å². The van der Waals surface area contributed by atoms with Gasteiger partial charge in [-0.3, -0.25) is 9.69 Å². The lowest BCUT2D eigenvalue weighted by atomic mass is 10.0. The van der Waals surface area contributed by atoms with Crippen LogP contribution in [0.1, 0.15) is 18.7 Å².